The van der Waals surface area contributed by atoms with Crippen molar-refractivity contribution in [2.45, 2.75) is 11.1 Å². The minimum atomic E-state index is -4.77. The lowest BCUT2D eigenvalue weighted by Gasteiger charge is -2.10. The van der Waals surface area contributed by atoms with Gasteiger partial charge in [0.25, 0.3) is 10.1 Å². The molecule has 15 heavy (non-hydrogen) atoms. The quantitative estimate of drug-likeness (QED) is 0.790. The van der Waals surface area contributed by atoms with Gasteiger partial charge in [-0.25, -0.2) is 0 Å². The van der Waals surface area contributed by atoms with E-state index < -0.39 is 31.8 Å². The molecule has 0 aliphatic carbocycles. The van der Waals surface area contributed by atoms with Gasteiger partial charge >= 0.3 is 6.18 Å². The van der Waals surface area contributed by atoms with Gasteiger partial charge < -0.3 is 0 Å². The van der Waals surface area contributed by atoms with Crippen molar-refractivity contribution in [1.29, 1.82) is 0 Å². The highest BCUT2D eigenvalue weighted by Gasteiger charge is 2.35. The van der Waals surface area contributed by atoms with Crippen LogP contribution in [0.4, 0.5) is 13.2 Å². The number of halogens is 4. The lowest BCUT2D eigenvalue weighted by Crippen LogP contribution is -2.09. The fourth-order valence-electron chi connectivity index (χ4n) is 0.929. The molecule has 0 saturated heterocycles. The monoisotopic (exact) mass is 260 g/mol. The Morgan fingerprint density at radius 1 is 1.27 bits per heavy atom. The number of rotatable bonds is 1. The Hall–Kier alpha value is -0.790. The van der Waals surface area contributed by atoms with Crippen molar-refractivity contribution in [2.75, 3.05) is 0 Å². The molecule has 0 fully saturated rings. The van der Waals surface area contributed by atoms with Gasteiger partial charge in [0.15, 0.2) is 0 Å². The topological polar surface area (TPSA) is 54.4 Å². The van der Waals surface area contributed by atoms with E-state index in [1.807, 2.05) is 0 Å². The summed E-state index contributed by atoms with van der Waals surface area (Å²) in [4.78, 5) is -0.959. The van der Waals surface area contributed by atoms with E-state index in [0.29, 0.717) is 6.07 Å². The molecule has 0 aliphatic heterocycles. The molecule has 1 aromatic carbocycles. The molecule has 0 unspecified atom stereocenters. The van der Waals surface area contributed by atoms with Crippen LogP contribution >= 0.6 is 11.6 Å². The van der Waals surface area contributed by atoms with Gasteiger partial charge in [0.05, 0.1) is 10.6 Å². The van der Waals surface area contributed by atoms with Crippen LogP contribution in [0.15, 0.2) is 23.1 Å². The van der Waals surface area contributed by atoms with Crippen LogP contribution in [0.2, 0.25) is 5.02 Å². The molecule has 8 heteroatoms. The lowest BCUT2D eigenvalue weighted by molar-refractivity contribution is -0.137. The number of hydrogen-bond acceptors (Lipinski definition) is 2. The van der Waals surface area contributed by atoms with Gasteiger partial charge in [0.2, 0.25) is 0 Å². The van der Waals surface area contributed by atoms with Crippen LogP contribution in [0, 0.1) is 0 Å². The van der Waals surface area contributed by atoms with Gasteiger partial charge in [0.1, 0.15) is 4.90 Å². The maximum Gasteiger partial charge on any atom is 0.417 e. The predicted octanol–water partition coefficient (Wildman–Crippen LogP) is 2.61. The van der Waals surface area contributed by atoms with Crippen LogP contribution in [0.3, 0.4) is 0 Å². The molecule has 0 saturated carbocycles. The predicted molar refractivity (Wildman–Crippen MR) is 46.3 cm³/mol. The minimum absolute atomic E-state index is 0.622. The molecule has 84 valence electrons. The molecule has 0 atom stereocenters. The third kappa shape index (κ3) is 2.61. The first-order valence-corrected chi connectivity index (χ1v) is 5.29. The van der Waals surface area contributed by atoms with E-state index in [0.717, 1.165) is 12.1 Å². The third-order valence-electron chi connectivity index (χ3n) is 1.55. The van der Waals surface area contributed by atoms with E-state index in [9.17, 15) is 21.6 Å². The van der Waals surface area contributed by atoms with E-state index in [1.165, 1.54) is 0 Å². The van der Waals surface area contributed by atoms with Crippen LogP contribution in [-0.2, 0) is 16.3 Å². The fourth-order valence-corrected chi connectivity index (χ4v) is 2.04. The fraction of sp³-hybridized carbons (Fsp3) is 0.143. The maximum absolute atomic E-state index is 12.3. The van der Waals surface area contributed by atoms with Crippen molar-refractivity contribution in [3.05, 3.63) is 28.8 Å². The van der Waals surface area contributed by atoms with Crippen LogP contribution in [-0.4, -0.2) is 13.0 Å². The van der Waals surface area contributed by atoms with Crippen LogP contribution in [0.25, 0.3) is 0 Å². The molecule has 0 amide bonds. The molecule has 0 bridgehead atoms. The summed E-state index contributed by atoms with van der Waals surface area (Å²) in [6.07, 6.45) is -4.77. The molecule has 1 aromatic rings. The number of hydrogen-bond donors (Lipinski definition) is 1. The Balaban J connectivity index is 3.51. The van der Waals surface area contributed by atoms with E-state index in [1.54, 1.807) is 0 Å². The molecule has 0 spiro atoms. The van der Waals surface area contributed by atoms with E-state index >= 15 is 0 Å². The highest BCUT2D eigenvalue weighted by Crippen LogP contribution is 2.37. The minimum Gasteiger partial charge on any atom is -0.282 e. The van der Waals surface area contributed by atoms with E-state index in [4.69, 9.17) is 16.2 Å². The van der Waals surface area contributed by atoms with Crippen molar-refractivity contribution < 1.29 is 26.1 Å². The maximum atomic E-state index is 12.3. The standard InChI is InChI=1S/C7H4ClF3O3S/c8-6-4(7(9,10)11)2-1-3-5(6)15(12,13)14/h1-3H,(H,12,13,14). The second-order valence-corrected chi connectivity index (χ2v) is 4.36. The van der Waals surface area contributed by atoms with Crippen LogP contribution in [0.5, 0.6) is 0 Å². The zero-order chi connectivity index (χ0) is 11.9. The molecular weight excluding hydrogens is 257 g/mol. The van der Waals surface area contributed by atoms with Crippen molar-refractivity contribution in [3.8, 4) is 0 Å². The average molecular weight is 261 g/mol. The smallest absolute Gasteiger partial charge is 0.282 e. The van der Waals surface area contributed by atoms with Crippen molar-refractivity contribution in [3.63, 3.8) is 0 Å². The molecule has 0 heterocycles. The van der Waals surface area contributed by atoms with Gasteiger partial charge in [-0.3, -0.25) is 4.55 Å². The molecular formula is C7H4ClF3O3S. The molecule has 1 N–H and O–H groups in total. The van der Waals surface area contributed by atoms with Crippen LogP contribution in [0.1, 0.15) is 5.56 Å². The normalized spacial score (nSPS) is 12.9. The summed E-state index contributed by atoms with van der Waals surface area (Å²) in [6, 6.07) is 2.25. The summed E-state index contributed by atoms with van der Waals surface area (Å²) >= 11 is 5.22. The van der Waals surface area contributed by atoms with E-state index in [2.05, 4.69) is 0 Å². The summed E-state index contributed by atoms with van der Waals surface area (Å²) in [5, 5.41) is -1.03. The first-order chi connectivity index (χ1) is 6.64. The second-order valence-electron chi connectivity index (χ2n) is 2.59. The van der Waals surface area contributed by atoms with E-state index in [-0.39, 0.29) is 0 Å². The zero-order valence-corrected chi connectivity index (χ0v) is 8.49. The second kappa shape index (κ2) is 3.66. The summed E-state index contributed by atoms with van der Waals surface area (Å²) in [6.45, 7) is 0. The molecule has 1 rings (SSSR count). The highest BCUT2D eigenvalue weighted by molar-refractivity contribution is 7.86. The Bertz CT molecular complexity index is 481. The van der Waals surface area contributed by atoms with Gasteiger partial charge in [0, 0.05) is 0 Å². The Kier molecular flexibility index (Phi) is 2.99. The zero-order valence-electron chi connectivity index (χ0n) is 6.92. The van der Waals surface area contributed by atoms with Crippen molar-refractivity contribution in [2.24, 2.45) is 0 Å². The molecule has 0 aliphatic rings. The SMILES string of the molecule is O=S(=O)(O)c1cccc(C(F)(F)F)c1Cl. The van der Waals surface area contributed by atoms with Crippen molar-refractivity contribution >= 4 is 21.7 Å². The summed E-state index contributed by atoms with van der Waals surface area (Å²) in [5.41, 5.74) is -1.31. The van der Waals surface area contributed by atoms with Gasteiger partial charge in [-0.15, -0.1) is 0 Å². The first kappa shape index (κ1) is 12.3. The van der Waals surface area contributed by atoms with Crippen LogP contribution < -0.4 is 0 Å². The Morgan fingerprint density at radius 2 is 1.80 bits per heavy atom. The lowest BCUT2D eigenvalue weighted by atomic mass is 10.2. The third-order valence-corrected chi connectivity index (χ3v) is 2.96. The Morgan fingerprint density at radius 3 is 2.20 bits per heavy atom. The molecule has 0 radical (unpaired) electrons. The summed E-state index contributed by atoms with van der Waals surface area (Å²) in [7, 11) is -4.75. The summed E-state index contributed by atoms with van der Waals surface area (Å²) < 4.78 is 66.6. The largest absolute Gasteiger partial charge is 0.417 e. The summed E-state index contributed by atoms with van der Waals surface area (Å²) in [5.74, 6) is 0. The van der Waals surface area contributed by atoms with Gasteiger partial charge in [-0.1, -0.05) is 17.7 Å². The van der Waals surface area contributed by atoms with Crippen molar-refractivity contribution in [1.82, 2.24) is 0 Å². The molecule has 0 aromatic heterocycles. The first-order valence-electron chi connectivity index (χ1n) is 3.47. The average Bonchev–Trinajstić information content (AvgIpc) is 1.99. The number of alkyl halides is 3. The molecule has 3 nitrogen and oxygen atoms in total. The van der Waals surface area contributed by atoms with Gasteiger partial charge in [-0.2, -0.15) is 21.6 Å². The van der Waals surface area contributed by atoms with Gasteiger partial charge in [-0.05, 0) is 12.1 Å². The highest BCUT2D eigenvalue weighted by atomic mass is 35.5. The Labute approximate surface area is 88.2 Å². The number of benzene rings is 1.